The molecule has 6 heteroatoms. The highest BCUT2D eigenvalue weighted by molar-refractivity contribution is 7.92. The minimum Gasteiger partial charge on any atom is -0.345 e. The van der Waals surface area contributed by atoms with Gasteiger partial charge in [0.05, 0.1) is 23.5 Å². The summed E-state index contributed by atoms with van der Waals surface area (Å²) in [4.78, 5) is 12.7. The molecule has 0 aliphatic heterocycles. The third kappa shape index (κ3) is 4.39. The van der Waals surface area contributed by atoms with Crippen LogP contribution in [0.4, 0.5) is 5.69 Å². The molecule has 1 amide bonds. The van der Waals surface area contributed by atoms with E-state index in [1.54, 1.807) is 24.3 Å². The molecule has 0 aliphatic rings. The molecule has 1 N–H and O–H groups in total. The lowest BCUT2D eigenvalue weighted by Gasteiger charge is -2.22. The van der Waals surface area contributed by atoms with E-state index in [0.29, 0.717) is 11.3 Å². The molecule has 134 valence electrons. The van der Waals surface area contributed by atoms with Crippen LogP contribution in [-0.2, 0) is 10.0 Å². The third-order valence-electron chi connectivity index (χ3n) is 4.22. The minimum absolute atomic E-state index is 0.190. The van der Waals surface area contributed by atoms with Crippen molar-refractivity contribution in [3.05, 3.63) is 64.7 Å². The monoisotopic (exact) mass is 360 g/mol. The minimum atomic E-state index is -3.45. The standard InChI is InChI=1S/C19H24N2O3S/c1-13-10-11-16(14(2)12-13)15(3)20-19(22)17-8-6-7-9-18(17)21(4)25(5,23)24/h6-12,15H,1-5H3,(H,20,22)/t15-/m1/s1. The number of sulfonamides is 1. The van der Waals surface area contributed by atoms with E-state index in [4.69, 9.17) is 0 Å². The topological polar surface area (TPSA) is 66.5 Å². The number of carbonyl (C=O) groups excluding carboxylic acids is 1. The summed E-state index contributed by atoms with van der Waals surface area (Å²) in [5.74, 6) is -0.307. The van der Waals surface area contributed by atoms with Gasteiger partial charge >= 0.3 is 0 Å². The highest BCUT2D eigenvalue weighted by Crippen LogP contribution is 2.23. The van der Waals surface area contributed by atoms with Crippen LogP contribution in [0, 0.1) is 13.8 Å². The first kappa shape index (κ1) is 19.0. The average molecular weight is 360 g/mol. The Balaban J connectivity index is 2.30. The zero-order valence-electron chi connectivity index (χ0n) is 15.2. The van der Waals surface area contributed by atoms with Crippen LogP contribution in [0.3, 0.4) is 0 Å². The van der Waals surface area contributed by atoms with E-state index < -0.39 is 10.0 Å². The zero-order chi connectivity index (χ0) is 18.8. The Hall–Kier alpha value is -2.34. The maximum absolute atomic E-state index is 12.7. The number of benzene rings is 2. The summed E-state index contributed by atoms with van der Waals surface area (Å²) in [7, 11) is -2.01. The second-order valence-corrected chi connectivity index (χ2v) is 8.32. The van der Waals surface area contributed by atoms with Crippen molar-refractivity contribution in [1.82, 2.24) is 5.32 Å². The fourth-order valence-electron chi connectivity index (χ4n) is 2.78. The molecule has 2 aromatic rings. The SMILES string of the molecule is Cc1ccc([C@@H](C)NC(=O)c2ccccc2N(C)S(C)(=O)=O)c(C)c1. The van der Waals surface area contributed by atoms with E-state index in [1.165, 1.54) is 12.6 Å². The second kappa shape index (κ2) is 7.27. The van der Waals surface area contributed by atoms with Gasteiger partial charge in [-0.3, -0.25) is 9.10 Å². The van der Waals surface area contributed by atoms with Gasteiger partial charge in [0.25, 0.3) is 5.91 Å². The molecule has 25 heavy (non-hydrogen) atoms. The number of hydrogen-bond acceptors (Lipinski definition) is 3. The van der Waals surface area contributed by atoms with Crippen molar-refractivity contribution in [3.8, 4) is 0 Å². The van der Waals surface area contributed by atoms with Crippen LogP contribution in [0.15, 0.2) is 42.5 Å². The normalized spacial score (nSPS) is 12.5. The van der Waals surface area contributed by atoms with Crippen LogP contribution < -0.4 is 9.62 Å². The first-order valence-corrected chi connectivity index (χ1v) is 9.87. The van der Waals surface area contributed by atoms with E-state index in [2.05, 4.69) is 11.4 Å². The van der Waals surface area contributed by atoms with E-state index >= 15 is 0 Å². The average Bonchev–Trinajstić information content (AvgIpc) is 2.53. The highest BCUT2D eigenvalue weighted by atomic mass is 32.2. The van der Waals surface area contributed by atoms with E-state index in [1.807, 2.05) is 32.9 Å². The molecule has 0 fully saturated rings. The molecule has 0 saturated carbocycles. The first-order valence-electron chi connectivity index (χ1n) is 8.02. The van der Waals surface area contributed by atoms with Gasteiger partial charge in [-0.1, -0.05) is 35.9 Å². The third-order valence-corrected chi connectivity index (χ3v) is 5.42. The Kier molecular flexibility index (Phi) is 5.52. The lowest BCUT2D eigenvalue weighted by atomic mass is 10.00. The molecule has 2 aromatic carbocycles. The van der Waals surface area contributed by atoms with Gasteiger partial charge < -0.3 is 5.32 Å². The van der Waals surface area contributed by atoms with Crippen molar-refractivity contribution in [2.45, 2.75) is 26.8 Å². The lowest BCUT2D eigenvalue weighted by Crippen LogP contribution is -2.31. The summed E-state index contributed by atoms with van der Waals surface area (Å²) in [6.45, 7) is 5.95. The van der Waals surface area contributed by atoms with Gasteiger partial charge in [0.1, 0.15) is 0 Å². The molecule has 1 atom stereocenters. The van der Waals surface area contributed by atoms with Gasteiger partial charge in [0, 0.05) is 7.05 Å². The largest absolute Gasteiger partial charge is 0.345 e. The summed E-state index contributed by atoms with van der Waals surface area (Å²) in [5.41, 5.74) is 3.99. The predicted octanol–water partition coefficient (Wildman–Crippen LogP) is 3.19. The van der Waals surface area contributed by atoms with Crippen molar-refractivity contribution in [1.29, 1.82) is 0 Å². The Bertz CT molecular complexity index is 891. The number of aryl methyl sites for hydroxylation is 2. The van der Waals surface area contributed by atoms with Gasteiger partial charge in [-0.05, 0) is 44.0 Å². The number of rotatable bonds is 5. The molecule has 5 nitrogen and oxygen atoms in total. The molecule has 0 spiro atoms. The number of carbonyl (C=O) groups is 1. The molecule has 0 bridgehead atoms. The zero-order valence-corrected chi connectivity index (χ0v) is 16.0. The summed E-state index contributed by atoms with van der Waals surface area (Å²) in [6, 6.07) is 12.6. The summed E-state index contributed by atoms with van der Waals surface area (Å²) >= 11 is 0. The molecular weight excluding hydrogens is 336 g/mol. The molecule has 0 unspecified atom stereocenters. The van der Waals surface area contributed by atoms with Crippen LogP contribution in [0.25, 0.3) is 0 Å². The Morgan fingerprint density at radius 3 is 2.36 bits per heavy atom. The van der Waals surface area contributed by atoms with E-state index in [9.17, 15) is 13.2 Å². The molecule has 2 rings (SSSR count). The predicted molar refractivity (Wildman–Crippen MR) is 101 cm³/mol. The quantitative estimate of drug-likeness (QED) is 0.890. The summed E-state index contributed by atoms with van der Waals surface area (Å²) in [5, 5.41) is 2.96. The van der Waals surface area contributed by atoms with Crippen LogP contribution >= 0.6 is 0 Å². The van der Waals surface area contributed by atoms with E-state index in [0.717, 1.165) is 21.7 Å². The van der Waals surface area contributed by atoms with Gasteiger partial charge in [0.2, 0.25) is 10.0 Å². The lowest BCUT2D eigenvalue weighted by molar-refractivity contribution is 0.0940. The number of nitrogens with one attached hydrogen (secondary N) is 1. The van der Waals surface area contributed by atoms with Crippen LogP contribution in [0.5, 0.6) is 0 Å². The Morgan fingerprint density at radius 2 is 1.76 bits per heavy atom. The Labute approximate surface area is 149 Å². The van der Waals surface area contributed by atoms with Gasteiger partial charge in [-0.25, -0.2) is 8.42 Å². The number of hydrogen-bond donors (Lipinski definition) is 1. The molecule has 0 heterocycles. The van der Waals surface area contributed by atoms with Crippen LogP contribution in [0.2, 0.25) is 0 Å². The molecular formula is C19H24N2O3S. The molecule has 0 saturated heterocycles. The van der Waals surface area contributed by atoms with Crippen molar-refractivity contribution in [2.75, 3.05) is 17.6 Å². The Morgan fingerprint density at radius 1 is 1.12 bits per heavy atom. The fraction of sp³-hybridized carbons (Fsp3) is 0.316. The van der Waals surface area contributed by atoms with Crippen LogP contribution in [-0.4, -0.2) is 27.6 Å². The first-order chi connectivity index (χ1) is 11.6. The van der Waals surface area contributed by atoms with Crippen molar-refractivity contribution in [3.63, 3.8) is 0 Å². The molecule has 0 radical (unpaired) electrons. The highest BCUT2D eigenvalue weighted by Gasteiger charge is 2.21. The number of anilines is 1. The van der Waals surface area contributed by atoms with Gasteiger partial charge in [-0.2, -0.15) is 0 Å². The number of para-hydroxylation sites is 1. The smallest absolute Gasteiger partial charge is 0.253 e. The summed E-state index contributed by atoms with van der Waals surface area (Å²) in [6.07, 6.45) is 1.11. The van der Waals surface area contributed by atoms with Gasteiger partial charge in [0.15, 0.2) is 0 Å². The van der Waals surface area contributed by atoms with Crippen molar-refractivity contribution in [2.24, 2.45) is 0 Å². The summed E-state index contributed by atoms with van der Waals surface area (Å²) < 4.78 is 24.8. The van der Waals surface area contributed by atoms with Gasteiger partial charge in [-0.15, -0.1) is 0 Å². The maximum Gasteiger partial charge on any atom is 0.253 e. The van der Waals surface area contributed by atoms with E-state index in [-0.39, 0.29) is 11.9 Å². The fourth-order valence-corrected chi connectivity index (χ4v) is 3.30. The number of nitrogens with zero attached hydrogens (tertiary/aromatic N) is 1. The van der Waals surface area contributed by atoms with Crippen molar-refractivity contribution < 1.29 is 13.2 Å². The second-order valence-electron chi connectivity index (χ2n) is 6.30. The molecule has 0 aromatic heterocycles. The molecule has 0 aliphatic carbocycles. The van der Waals surface area contributed by atoms with Crippen LogP contribution in [0.1, 0.15) is 40.0 Å². The maximum atomic E-state index is 12.7. The number of amides is 1. The van der Waals surface area contributed by atoms with Crippen molar-refractivity contribution >= 4 is 21.6 Å².